The summed E-state index contributed by atoms with van der Waals surface area (Å²) in [7, 11) is -3.82. The summed E-state index contributed by atoms with van der Waals surface area (Å²) in [6.07, 6.45) is 2.68. The lowest BCUT2D eigenvalue weighted by Crippen LogP contribution is -2.14. The van der Waals surface area contributed by atoms with E-state index >= 15 is 0 Å². The summed E-state index contributed by atoms with van der Waals surface area (Å²) in [5.41, 5.74) is 6.66. The molecule has 2 rings (SSSR count). The third-order valence-corrected chi connectivity index (χ3v) is 4.66. The normalized spacial score (nSPS) is 11.3. The molecule has 0 saturated heterocycles. The number of nitrogens with two attached hydrogens (primary N) is 1. The number of rotatable bonds is 3. The monoisotopic (exact) mass is 376 g/mol. The Kier molecular flexibility index (Phi) is 4.17. The highest BCUT2D eigenvalue weighted by Crippen LogP contribution is 2.26. The van der Waals surface area contributed by atoms with Crippen LogP contribution in [0.2, 0.25) is 5.02 Å². The molecule has 0 aliphatic rings. The maximum atomic E-state index is 12.2. The largest absolute Gasteiger partial charge is 0.398 e. The van der Waals surface area contributed by atoms with Crippen LogP contribution in [0.25, 0.3) is 0 Å². The molecule has 106 valence electrons. The topological polar surface area (TPSA) is 98.0 Å². The smallest absolute Gasteiger partial charge is 0.263 e. The molecule has 0 saturated carbocycles. The fourth-order valence-electron chi connectivity index (χ4n) is 1.39. The molecule has 6 nitrogen and oxygen atoms in total. The molecule has 1 aromatic heterocycles. The van der Waals surface area contributed by atoms with Crippen molar-refractivity contribution in [2.24, 2.45) is 0 Å². The fourth-order valence-corrected chi connectivity index (χ4v) is 2.94. The number of aromatic nitrogens is 2. The molecular weight excluding hydrogens is 368 g/mol. The lowest BCUT2D eigenvalue weighted by Gasteiger charge is -2.10. The summed E-state index contributed by atoms with van der Waals surface area (Å²) < 4.78 is 27.2. The van der Waals surface area contributed by atoms with Crippen LogP contribution in [-0.2, 0) is 10.0 Å². The van der Waals surface area contributed by atoms with E-state index in [2.05, 4.69) is 30.6 Å². The lowest BCUT2D eigenvalue weighted by atomic mass is 10.2. The summed E-state index contributed by atoms with van der Waals surface area (Å²) in [6, 6.07) is 2.68. The predicted octanol–water partition coefficient (Wildman–Crippen LogP) is 2.58. The Morgan fingerprint density at radius 2 is 2.00 bits per heavy atom. The van der Waals surface area contributed by atoms with Crippen molar-refractivity contribution in [2.75, 3.05) is 10.5 Å². The Hall–Kier alpha value is -1.38. The maximum Gasteiger partial charge on any atom is 0.263 e. The van der Waals surface area contributed by atoms with Crippen LogP contribution in [-0.4, -0.2) is 18.4 Å². The van der Waals surface area contributed by atoms with Gasteiger partial charge in [-0.15, -0.1) is 0 Å². The number of nitrogen functional groups attached to an aromatic ring is 1. The molecule has 1 heterocycles. The zero-order valence-corrected chi connectivity index (χ0v) is 13.4. The van der Waals surface area contributed by atoms with Gasteiger partial charge in [-0.1, -0.05) is 11.6 Å². The first-order valence-electron chi connectivity index (χ1n) is 5.35. The van der Waals surface area contributed by atoms with Gasteiger partial charge in [0.25, 0.3) is 10.0 Å². The summed E-state index contributed by atoms with van der Waals surface area (Å²) in [4.78, 5) is 7.74. The molecule has 0 unspecified atom stereocenters. The number of benzene rings is 1. The van der Waals surface area contributed by atoms with E-state index in [-0.39, 0.29) is 15.7 Å². The van der Waals surface area contributed by atoms with Crippen molar-refractivity contribution < 1.29 is 8.42 Å². The molecule has 0 fully saturated rings. The van der Waals surface area contributed by atoms with Crippen molar-refractivity contribution in [1.29, 1.82) is 0 Å². The maximum absolute atomic E-state index is 12.2. The molecule has 0 amide bonds. The fraction of sp³-hybridized carbons (Fsp3) is 0.0909. The first kappa shape index (κ1) is 15.0. The second-order valence-corrected chi connectivity index (χ2v) is 6.85. The van der Waals surface area contributed by atoms with Gasteiger partial charge in [0, 0.05) is 10.7 Å². The Morgan fingerprint density at radius 1 is 1.30 bits per heavy atom. The minimum atomic E-state index is -3.82. The number of hydrogen-bond donors (Lipinski definition) is 2. The van der Waals surface area contributed by atoms with Gasteiger partial charge >= 0.3 is 0 Å². The van der Waals surface area contributed by atoms with E-state index in [9.17, 15) is 8.42 Å². The number of halogens is 2. The third kappa shape index (κ3) is 3.20. The highest BCUT2D eigenvalue weighted by Gasteiger charge is 2.17. The summed E-state index contributed by atoms with van der Waals surface area (Å²) in [6.45, 7) is 1.71. The van der Waals surface area contributed by atoms with Gasteiger partial charge in [-0.3, -0.25) is 4.72 Å². The number of nitrogens with zero attached hydrogens (tertiary/aromatic N) is 2. The van der Waals surface area contributed by atoms with E-state index in [0.29, 0.717) is 15.9 Å². The second-order valence-electron chi connectivity index (χ2n) is 3.95. The van der Waals surface area contributed by atoms with Crippen molar-refractivity contribution in [1.82, 2.24) is 9.97 Å². The Labute approximate surface area is 129 Å². The summed E-state index contributed by atoms with van der Waals surface area (Å²) in [5, 5.41) is 0.285. The summed E-state index contributed by atoms with van der Waals surface area (Å²) in [5.74, 6) is 0.100. The quantitative estimate of drug-likeness (QED) is 0.801. The van der Waals surface area contributed by atoms with E-state index in [0.717, 1.165) is 0 Å². The number of nitrogens with one attached hydrogen (secondary N) is 1. The molecule has 0 atom stereocenters. The first-order chi connectivity index (χ1) is 9.29. The van der Waals surface area contributed by atoms with Crippen LogP contribution in [0.1, 0.15) is 5.56 Å². The minimum absolute atomic E-state index is 0.0321. The zero-order chi connectivity index (χ0) is 14.9. The SMILES string of the molecule is Cc1c(N)cc(S(=O)(=O)Nc2cnc(Br)cn2)cc1Cl. The van der Waals surface area contributed by atoms with Crippen LogP contribution in [0.15, 0.2) is 34.0 Å². The Morgan fingerprint density at radius 3 is 2.55 bits per heavy atom. The van der Waals surface area contributed by atoms with E-state index < -0.39 is 10.0 Å². The van der Waals surface area contributed by atoms with Gasteiger partial charge in [0.15, 0.2) is 5.82 Å². The average molecular weight is 378 g/mol. The Bertz CT molecular complexity index is 727. The number of anilines is 2. The molecule has 0 aliphatic heterocycles. The van der Waals surface area contributed by atoms with Crippen molar-refractivity contribution in [3.8, 4) is 0 Å². The van der Waals surface area contributed by atoms with E-state index in [1.165, 1.54) is 24.5 Å². The molecular formula is C11H10BrClN4O2S. The Balaban J connectivity index is 2.38. The molecule has 0 radical (unpaired) electrons. The van der Waals surface area contributed by atoms with Crippen molar-refractivity contribution in [2.45, 2.75) is 11.8 Å². The molecule has 3 N–H and O–H groups in total. The van der Waals surface area contributed by atoms with Gasteiger partial charge in [-0.05, 0) is 40.5 Å². The van der Waals surface area contributed by atoms with Crippen molar-refractivity contribution >= 4 is 49.1 Å². The van der Waals surface area contributed by atoms with Crippen LogP contribution in [0.4, 0.5) is 11.5 Å². The van der Waals surface area contributed by atoms with Crippen molar-refractivity contribution in [3.05, 3.63) is 39.7 Å². The van der Waals surface area contributed by atoms with Crippen LogP contribution in [0, 0.1) is 6.92 Å². The van der Waals surface area contributed by atoms with Gasteiger partial charge in [0.2, 0.25) is 0 Å². The average Bonchev–Trinajstić information content (AvgIpc) is 2.38. The molecule has 0 spiro atoms. The van der Waals surface area contributed by atoms with Gasteiger partial charge in [0.1, 0.15) is 4.60 Å². The van der Waals surface area contributed by atoms with Gasteiger partial charge in [-0.2, -0.15) is 0 Å². The van der Waals surface area contributed by atoms with E-state index in [4.69, 9.17) is 17.3 Å². The third-order valence-electron chi connectivity index (χ3n) is 2.53. The highest BCUT2D eigenvalue weighted by molar-refractivity contribution is 9.10. The van der Waals surface area contributed by atoms with Gasteiger partial charge in [0.05, 0.1) is 17.3 Å². The van der Waals surface area contributed by atoms with Crippen molar-refractivity contribution in [3.63, 3.8) is 0 Å². The zero-order valence-electron chi connectivity index (χ0n) is 10.3. The van der Waals surface area contributed by atoms with E-state index in [1.807, 2.05) is 0 Å². The molecule has 9 heteroatoms. The highest BCUT2D eigenvalue weighted by atomic mass is 79.9. The predicted molar refractivity (Wildman–Crippen MR) is 81.1 cm³/mol. The second kappa shape index (κ2) is 5.55. The van der Waals surface area contributed by atoms with E-state index in [1.54, 1.807) is 6.92 Å². The first-order valence-corrected chi connectivity index (χ1v) is 8.01. The summed E-state index contributed by atoms with van der Waals surface area (Å²) >= 11 is 9.05. The minimum Gasteiger partial charge on any atom is -0.398 e. The lowest BCUT2D eigenvalue weighted by molar-refractivity contribution is 0.601. The molecule has 1 aromatic carbocycles. The van der Waals surface area contributed by atoms with Gasteiger partial charge < -0.3 is 5.73 Å². The van der Waals surface area contributed by atoms with Crippen LogP contribution >= 0.6 is 27.5 Å². The molecule has 0 aliphatic carbocycles. The van der Waals surface area contributed by atoms with Crippen LogP contribution < -0.4 is 10.5 Å². The molecule has 20 heavy (non-hydrogen) atoms. The molecule has 0 bridgehead atoms. The standard InChI is InChI=1S/C11H10BrClN4O2S/c1-6-8(13)2-7(3-9(6)14)20(18,19)17-11-5-15-10(12)4-16-11/h2-5H,14H2,1H3,(H,16,17). The molecule has 2 aromatic rings. The van der Waals surface area contributed by atoms with Crippen LogP contribution in [0.5, 0.6) is 0 Å². The number of hydrogen-bond acceptors (Lipinski definition) is 5. The van der Waals surface area contributed by atoms with Gasteiger partial charge in [-0.25, -0.2) is 18.4 Å². The number of sulfonamides is 1. The van der Waals surface area contributed by atoms with Crippen LogP contribution in [0.3, 0.4) is 0 Å².